The van der Waals surface area contributed by atoms with E-state index in [4.69, 9.17) is 0 Å². The van der Waals surface area contributed by atoms with Crippen LogP contribution in [0.5, 0.6) is 0 Å². The van der Waals surface area contributed by atoms with Gasteiger partial charge < -0.3 is 4.90 Å². The van der Waals surface area contributed by atoms with Gasteiger partial charge in [0.25, 0.3) is 5.91 Å². The Bertz CT molecular complexity index is 824. The molecule has 138 valence electrons. The maximum atomic E-state index is 13.0. The number of carbonyl (C=O) groups excluding carboxylic acids is 1. The maximum absolute atomic E-state index is 13.0. The highest BCUT2D eigenvalue weighted by Gasteiger charge is 2.22. The molecule has 0 spiro atoms. The third-order valence-corrected chi connectivity index (χ3v) is 4.62. The van der Waals surface area contributed by atoms with Gasteiger partial charge in [-0.2, -0.15) is 0 Å². The second kappa shape index (κ2) is 8.24. The van der Waals surface area contributed by atoms with Gasteiger partial charge in [-0.15, -0.1) is 0 Å². The van der Waals surface area contributed by atoms with Gasteiger partial charge in [-0.05, 0) is 29.8 Å². The zero-order valence-electron chi connectivity index (χ0n) is 14.0. The number of rotatable bonds is 5. The summed E-state index contributed by atoms with van der Waals surface area (Å²) in [5, 5.41) is 0. The van der Waals surface area contributed by atoms with Gasteiger partial charge in [0.2, 0.25) is 10.9 Å². The van der Waals surface area contributed by atoms with E-state index in [-0.39, 0.29) is 17.4 Å². The largest absolute Gasteiger partial charge is 0.335 e. The molecule has 1 N–H and O–H groups in total. The quantitative estimate of drug-likeness (QED) is 0.762. The molecule has 0 unspecified atom stereocenters. The Kier molecular flexibility index (Phi) is 5.79. The highest BCUT2D eigenvalue weighted by molar-refractivity contribution is 7.73. The average molecular weight is 378 g/mol. The molecule has 26 heavy (non-hydrogen) atoms. The van der Waals surface area contributed by atoms with Crippen molar-refractivity contribution in [2.45, 2.75) is 6.54 Å². The lowest BCUT2D eigenvalue weighted by Crippen LogP contribution is -2.48. The zero-order chi connectivity index (χ0) is 18.5. The molecule has 1 amide bonds. The molecule has 7 nitrogen and oxygen atoms in total. The lowest BCUT2D eigenvalue weighted by molar-refractivity contribution is 0.0622. The number of hydrogen-bond donors (Lipinski definition) is 2. The van der Waals surface area contributed by atoms with Crippen LogP contribution in [0.4, 0.5) is 10.1 Å². The molecule has 2 heterocycles. The van der Waals surface area contributed by atoms with Crippen LogP contribution in [0.1, 0.15) is 16.1 Å². The van der Waals surface area contributed by atoms with Gasteiger partial charge >= 0.3 is 0 Å². The number of pyridine rings is 1. The summed E-state index contributed by atoms with van der Waals surface area (Å²) < 4.78 is 36.4. The number of hydrogen-bond acceptors (Lipinski definition) is 5. The lowest BCUT2D eigenvalue weighted by Gasteiger charge is -2.34. The van der Waals surface area contributed by atoms with E-state index in [2.05, 4.69) is 14.6 Å². The Labute approximate surface area is 152 Å². The molecule has 2 aromatic rings. The normalized spacial score (nSPS) is 15.2. The molecule has 1 saturated heterocycles. The van der Waals surface area contributed by atoms with Crippen LogP contribution < -0.4 is 4.72 Å². The minimum Gasteiger partial charge on any atom is -0.335 e. The molecule has 0 atom stereocenters. The first-order valence-corrected chi connectivity index (χ1v) is 9.32. The van der Waals surface area contributed by atoms with Crippen LogP contribution in [-0.2, 0) is 17.4 Å². The number of thiol groups is 1. The van der Waals surface area contributed by atoms with Gasteiger partial charge in [0.15, 0.2) is 0 Å². The monoisotopic (exact) mass is 378 g/mol. The van der Waals surface area contributed by atoms with Crippen molar-refractivity contribution < 1.29 is 17.6 Å². The molecule has 1 aromatic carbocycles. The fourth-order valence-electron chi connectivity index (χ4n) is 2.81. The number of nitrogens with one attached hydrogen (secondary N) is 1. The summed E-state index contributed by atoms with van der Waals surface area (Å²) in [5.41, 5.74) is 1.64. The van der Waals surface area contributed by atoms with Crippen molar-refractivity contribution in [1.29, 1.82) is 0 Å². The van der Waals surface area contributed by atoms with Gasteiger partial charge in [0.05, 0.1) is 11.9 Å². The van der Waals surface area contributed by atoms with Crippen molar-refractivity contribution in [3.63, 3.8) is 0 Å². The Hall–Kier alpha value is -2.52. The van der Waals surface area contributed by atoms with Crippen LogP contribution in [0.25, 0.3) is 0 Å². The molecule has 0 saturated carbocycles. The number of carbonyl (C=O) groups is 1. The van der Waals surface area contributed by atoms with Gasteiger partial charge in [-0.25, -0.2) is 17.8 Å². The smallest absolute Gasteiger partial charge is 0.272 e. The van der Waals surface area contributed by atoms with E-state index < -0.39 is 10.9 Å². The summed E-state index contributed by atoms with van der Waals surface area (Å²) in [6.45, 7) is 3.31. The summed E-state index contributed by atoms with van der Waals surface area (Å²) in [6, 6.07) is 9.44. The van der Waals surface area contributed by atoms with Crippen molar-refractivity contribution in [2.24, 2.45) is 0 Å². The summed E-state index contributed by atoms with van der Waals surface area (Å²) >= 11 is 0. The Morgan fingerprint density at radius 1 is 1.08 bits per heavy atom. The van der Waals surface area contributed by atoms with Gasteiger partial charge in [0, 0.05) is 32.7 Å². The van der Waals surface area contributed by atoms with Crippen molar-refractivity contribution in [1.82, 2.24) is 14.8 Å². The van der Waals surface area contributed by atoms with Crippen LogP contribution in [0.2, 0.25) is 0 Å². The molecular weight excluding hydrogens is 359 g/mol. The highest BCUT2D eigenvalue weighted by Crippen LogP contribution is 2.13. The van der Waals surface area contributed by atoms with E-state index in [9.17, 15) is 17.6 Å². The molecule has 0 aliphatic carbocycles. The van der Waals surface area contributed by atoms with Crippen LogP contribution in [0.3, 0.4) is 0 Å². The lowest BCUT2D eigenvalue weighted by atomic mass is 10.2. The predicted octanol–water partition coefficient (Wildman–Crippen LogP) is 1.12. The fraction of sp³-hybridized carbons (Fsp3) is 0.294. The van der Waals surface area contributed by atoms with Gasteiger partial charge in [-0.1, -0.05) is 12.1 Å². The molecule has 1 aliphatic rings. The van der Waals surface area contributed by atoms with E-state index in [1.807, 2.05) is 0 Å². The molecular formula is C17H19FN4O3S. The zero-order valence-corrected chi connectivity index (χ0v) is 14.9. The first-order valence-electron chi connectivity index (χ1n) is 8.14. The second-order valence-electron chi connectivity index (χ2n) is 6.00. The molecule has 0 bridgehead atoms. The Balaban J connectivity index is 1.53. The number of piperazine rings is 1. The van der Waals surface area contributed by atoms with E-state index in [0.29, 0.717) is 25.3 Å². The Morgan fingerprint density at radius 2 is 1.77 bits per heavy atom. The third kappa shape index (κ3) is 4.77. The minimum atomic E-state index is -2.75. The SMILES string of the molecule is O=C(c1ccc(N[SH](=O)=O)cn1)N1CCN(Cc2ccc(F)cc2)CC1. The molecule has 1 aromatic heterocycles. The Morgan fingerprint density at radius 3 is 2.35 bits per heavy atom. The van der Waals surface area contributed by atoms with Gasteiger partial charge in [0.1, 0.15) is 11.5 Å². The number of halogens is 1. The average Bonchev–Trinajstić information content (AvgIpc) is 2.64. The summed E-state index contributed by atoms with van der Waals surface area (Å²) in [5.74, 6) is -0.426. The van der Waals surface area contributed by atoms with Gasteiger partial charge in [-0.3, -0.25) is 14.4 Å². The van der Waals surface area contributed by atoms with Crippen molar-refractivity contribution in [2.75, 3.05) is 30.9 Å². The van der Waals surface area contributed by atoms with E-state index >= 15 is 0 Å². The van der Waals surface area contributed by atoms with Crippen molar-refractivity contribution >= 4 is 22.5 Å². The number of anilines is 1. The summed E-state index contributed by atoms with van der Waals surface area (Å²) in [7, 11) is -2.75. The van der Waals surface area contributed by atoms with Crippen molar-refractivity contribution in [3.05, 3.63) is 59.7 Å². The fourth-order valence-corrected chi connectivity index (χ4v) is 3.15. The topological polar surface area (TPSA) is 82.6 Å². The van der Waals surface area contributed by atoms with Crippen LogP contribution >= 0.6 is 0 Å². The first-order chi connectivity index (χ1) is 12.5. The van der Waals surface area contributed by atoms with Crippen molar-refractivity contribution in [3.8, 4) is 0 Å². The second-order valence-corrected chi connectivity index (χ2v) is 6.73. The molecule has 1 aliphatic heterocycles. The maximum Gasteiger partial charge on any atom is 0.272 e. The van der Waals surface area contributed by atoms with E-state index in [0.717, 1.165) is 18.7 Å². The van der Waals surface area contributed by atoms with Crippen LogP contribution in [0, 0.1) is 5.82 Å². The number of benzene rings is 1. The standard InChI is InChI=1S/C17H19FN4O3S/c18-14-3-1-13(2-4-14)12-21-7-9-22(10-8-21)17(23)16-6-5-15(11-19-16)20-26(24)25/h1-6,11,26H,7-10,12H2,(H,20,24,25). The number of aromatic nitrogens is 1. The molecule has 0 radical (unpaired) electrons. The van der Waals surface area contributed by atoms with Crippen LogP contribution in [-0.4, -0.2) is 55.3 Å². The summed E-state index contributed by atoms with van der Waals surface area (Å²) in [4.78, 5) is 20.5. The minimum absolute atomic E-state index is 0.176. The molecule has 9 heteroatoms. The summed E-state index contributed by atoms with van der Waals surface area (Å²) in [6.07, 6.45) is 1.32. The molecule has 1 fully saturated rings. The van der Waals surface area contributed by atoms with E-state index in [1.54, 1.807) is 17.0 Å². The third-order valence-electron chi connectivity index (χ3n) is 4.18. The van der Waals surface area contributed by atoms with Crippen LogP contribution in [0.15, 0.2) is 42.6 Å². The number of amides is 1. The van der Waals surface area contributed by atoms with E-state index in [1.165, 1.54) is 30.5 Å². The first kappa shape index (κ1) is 18.3. The molecule has 3 rings (SSSR count). The highest BCUT2D eigenvalue weighted by atomic mass is 32.2. The predicted molar refractivity (Wildman–Crippen MR) is 95.8 cm³/mol. The number of nitrogens with zero attached hydrogens (tertiary/aromatic N) is 3.